The lowest BCUT2D eigenvalue weighted by atomic mass is 9.94. The maximum Gasteiger partial charge on any atom is 0.353 e. The summed E-state index contributed by atoms with van der Waals surface area (Å²) in [5.74, 6) is 0.294. The third-order valence-corrected chi connectivity index (χ3v) is 3.86. The minimum absolute atomic E-state index is 0.136. The molecule has 0 aromatic carbocycles. The lowest BCUT2D eigenvalue weighted by molar-refractivity contribution is -0.383. The van der Waals surface area contributed by atoms with E-state index in [1.807, 2.05) is 0 Å². The summed E-state index contributed by atoms with van der Waals surface area (Å²) in [6, 6.07) is 0. The first-order chi connectivity index (χ1) is 10.1. The molecule has 0 amide bonds. The van der Waals surface area contributed by atoms with Crippen LogP contribution in [0.4, 0.5) is 17.3 Å². The molecule has 2 rings (SSSR count). The van der Waals surface area contributed by atoms with Crippen LogP contribution in [0.5, 0.6) is 0 Å². The molecular weight excluding hydrogens is 274 g/mol. The van der Waals surface area contributed by atoms with Gasteiger partial charge in [-0.25, -0.2) is 9.97 Å². The van der Waals surface area contributed by atoms with Crippen LogP contribution in [0.3, 0.4) is 0 Å². The Kier molecular flexibility index (Phi) is 4.89. The Labute approximate surface area is 123 Å². The maximum absolute atomic E-state index is 11.2. The van der Waals surface area contributed by atoms with Gasteiger partial charge in [-0.15, -0.1) is 0 Å². The second-order valence-corrected chi connectivity index (χ2v) is 5.42. The summed E-state index contributed by atoms with van der Waals surface area (Å²) in [6.07, 6.45) is 6.88. The van der Waals surface area contributed by atoms with Gasteiger partial charge in [0.05, 0.1) is 10.5 Å². The fraction of sp³-hybridized carbons (Fsp3) is 0.692. The molecule has 1 fully saturated rings. The number of hydrogen-bond donors (Lipinski definition) is 3. The molecule has 8 heteroatoms. The van der Waals surface area contributed by atoms with E-state index in [-0.39, 0.29) is 23.9 Å². The van der Waals surface area contributed by atoms with Gasteiger partial charge in [0.2, 0.25) is 11.6 Å². The van der Waals surface area contributed by atoms with Crippen LogP contribution in [0.2, 0.25) is 0 Å². The molecule has 1 saturated carbocycles. The Bertz CT molecular complexity index is 501. The first-order valence-electron chi connectivity index (χ1n) is 7.19. The Morgan fingerprint density at radius 1 is 1.29 bits per heavy atom. The maximum atomic E-state index is 11.2. The first-order valence-corrected chi connectivity index (χ1v) is 7.19. The van der Waals surface area contributed by atoms with Crippen molar-refractivity contribution in [3.63, 3.8) is 0 Å². The Morgan fingerprint density at radius 2 is 1.90 bits per heavy atom. The summed E-state index contributed by atoms with van der Waals surface area (Å²) >= 11 is 0. The molecule has 1 aromatic heterocycles. The SMILES string of the molecule is CNc1ncnc(NCC2(O)CCCCCC2)c1[N+](=O)[O-]. The number of anilines is 2. The van der Waals surface area contributed by atoms with Crippen molar-refractivity contribution < 1.29 is 10.0 Å². The van der Waals surface area contributed by atoms with Gasteiger partial charge >= 0.3 is 5.69 Å². The molecule has 21 heavy (non-hydrogen) atoms. The summed E-state index contributed by atoms with van der Waals surface area (Å²) in [7, 11) is 1.57. The van der Waals surface area contributed by atoms with E-state index in [0.29, 0.717) is 12.8 Å². The molecule has 0 bridgehead atoms. The number of aliphatic hydroxyl groups is 1. The predicted octanol–water partition coefficient (Wildman–Crippen LogP) is 1.92. The third kappa shape index (κ3) is 3.78. The number of hydrogen-bond acceptors (Lipinski definition) is 7. The van der Waals surface area contributed by atoms with Gasteiger partial charge in [0, 0.05) is 13.6 Å². The van der Waals surface area contributed by atoms with E-state index in [4.69, 9.17) is 0 Å². The molecule has 0 radical (unpaired) electrons. The number of rotatable bonds is 5. The van der Waals surface area contributed by atoms with E-state index in [0.717, 1.165) is 25.7 Å². The summed E-state index contributed by atoms with van der Waals surface area (Å²) < 4.78 is 0. The third-order valence-electron chi connectivity index (χ3n) is 3.86. The Hall–Kier alpha value is -1.96. The largest absolute Gasteiger partial charge is 0.388 e. The molecular formula is C13H21N5O3. The summed E-state index contributed by atoms with van der Waals surface area (Å²) in [5, 5.41) is 27.4. The van der Waals surface area contributed by atoms with Crippen molar-refractivity contribution >= 4 is 17.3 Å². The van der Waals surface area contributed by atoms with Crippen molar-refractivity contribution in [2.24, 2.45) is 0 Å². The first kappa shape index (κ1) is 15.4. The van der Waals surface area contributed by atoms with Crippen LogP contribution in [-0.2, 0) is 0 Å². The van der Waals surface area contributed by atoms with Crippen molar-refractivity contribution in [3.8, 4) is 0 Å². The van der Waals surface area contributed by atoms with E-state index < -0.39 is 10.5 Å². The van der Waals surface area contributed by atoms with Crippen LogP contribution in [0, 0.1) is 10.1 Å². The highest BCUT2D eigenvalue weighted by atomic mass is 16.6. The molecule has 0 spiro atoms. The van der Waals surface area contributed by atoms with E-state index >= 15 is 0 Å². The number of nitrogens with zero attached hydrogens (tertiary/aromatic N) is 3. The van der Waals surface area contributed by atoms with Gasteiger partial charge in [0.1, 0.15) is 6.33 Å². The average Bonchev–Trinajstić information content (AvgIpc) is 2.69. The van der Waals surface area contributed by atoms with E-state index in [1.54, 1.807) is 7.05 Å². The fourth-order valence-electron chi connectivity index (χ4n) is 2.68. The van der Waals surface area contributed by atoms with E-state index in [9.17, 15) is 15.2 Å². The molecule has 0 saturated heterocycles. The van der Waals surface area contributed by atoms with Gasteiger partial charge in [0.15, 0.2) is 0 Å². The zero-order valence-corrected chi connectivity index (χ0v) is 12.1. The molecule has 0 atom stereocenters. The fourth-order valence-corrected chi connectivity index (χ4v) is 2.68. The summed E-state index contributed by atoms with van der Waals surface area (Å²) in [6.45, 7) is 0.258. The standard InChI is InChI=1S/C13H21N5O3/c1-14-11-10(18(20)21)12(17-9-16-11)15-8-13(19)6-4-2-3-5-7-13/h9,19H,2-8H2,1H3,(H2,14,15,16,17). The molecule has 8 nitrogen and oxygen atoms in total. The Balaban J connectivity index is 2.14. The van der Waals surface area contributed by atoms with Gasteiger partial charge in [-0.3, -0.25) is 10.1 Å². The van der Waals surface area contributed by atoms with Crippen LogP contribution in [0.1, 0.15) is 38.5 Å². The van der Waals surface area contributed by atoms with Crippen molar-refractivity contribution in [1.29, 1.82) is 0 Å². The number of nitro groups is 1. The summed E-state index contributed by atoms with van der Waals surface area (Å²) in [4.78, 5) is 18.4. The molecule has 1 aromatic rings. The van der Waals surface area contributed by atoms with Gasteiger partial charge in [0.25, 0.3) is 0 Å². The van der Waals surface area contributed by atoms with Crippen molar-refractivity contribution in [1.82, 2.24) is 9.97 Å². The molecule has 3 N–H and O–H groups in total. The molecule has 0 unspecified atom stereocenters. The van der Waals surface area contributed by atoms with Crippen molar-refractivity contribution in [2.45, 2.75) is 44.1 Å². The highest BCUT2D eigenvalue weighted by Gasteiger charge is 2.30. The monoisotopic (exact) mass is 295 g/mol. The lowest BCUT2D eigenvalue weighted by Crippen LogP contribution is -2.36. The van der Waals surface area contributed by atoms with E-state index in [2.05, 4.69) is 20.6 Å². The predicted molar refractivity (Wildman–Crippen MR) is 79.4 cm³/mol. The minimum Gasteiger partial charge on any atom is -0.388 e. The topological polar surface area (TPSA) is 113 Å². The van der Waals surface area contributed by atoms with Crippen LogP contribution in [0.25, 0.3) is 0 Å². The normalized spacial score (nSPS) is 17.8. The molecule has 116 valence electrons. The highest BCUT2D eigenvalue weighted by molar-refractivity contribution is 5.69. The molecule has 1 aliphatic carbocycles. The average molecular weight is 295 g/mol. The zero-order chi connectivity index (χ0) is 15.3. The van der Waals surface area contributed by atoms with Crippen LogP contribution in [-0.4, -0.2) is 39.2 Å². The lowest BCUT2D eigenvalue weighted by Gasteiger charge is -2.27. The molecule has 1 heterocycles. The van der Waals surface area contributed by atoms with Crippen LogP contribution in [0.15, 0.2) is 6.33 Å². The summed E-state index contributed by atoms with van der Waals surface area (Å²) in [5.41, 5.74) is -1.02. The van der Waals surface area contributed by atoms with Crippen LogP contribution >= 0.6 is 0 Å². The Morgan fingerprint density at radius 3 is 2.48 bits per heavy atom. The van der Waals surface area contributed by atoms with E-state index in [1.165, 1.54) is 6.33 Å². The quantitative estimate of drug-likeness (QED) is 0.432. The van der Waals surface area contributed by atoms with Crippen molar-refractivity contribution in [3.05, 3.63) is 16.4 Å². The van der Waals surface area contributed by atoms with Gasteiger partial charge in [-0.1, -0.05) is 25.7 Å². The highest BCUT2D eigenvalue weighted by Crippen LogP contribution is 2.31. The second kappa shape index (κ2) is 6.66. The van der Waals surface area contributed by atoms with Crippen LogP contribution < -0.4 is 10.6 Å². The number of aromatic nitrogens is 2. The van der Waals surface area contributed by atoms with Gasteiger partial charge in [-0.05, 0) is 12.8 Å². The van der Waals surface area contributed by atoms with Gasteiger partial charge in [-0.2, -0.15) is 0 Å². The zero-order valence-electron chi connectivity index (χ0n) is 12.1. The van der Waals surface area contributed by atoms with Gasteiger partial charge < -0.3 is 15.7 Å². The number of nitrogens with one attached hydrogen (secondary N) is 2. The smallest absolute Gasteiger partial charge is 0.353 e. The molecule has 0 aliphatic heterocycles. The van der Waals surface area contributed by atoms with Crippen molar-refractivity contribution in [2.75, 3.05) is 24.2 Å². The second-order valence-electron chi connectivity index (χ2n) is 5.42. The molecule has 1 aliphatic rings. The minimum atomic E-state index is -0.824.